The number of rotatable bonds is 5. The fourth-order valence-corrected chi connectivity index (χ4v) is 2.24. The van der Waals surface area contributed by atoms with Gasteiger partial charge in [0.2, 0.25) is 0 Å². The summed E-state index contributed by atoms with van der Waals surface area (Å²) in [6, 6.07) is 19.3. The van der Waals surface area contributed by atoms with Crippen molar-refractivity contribution in [2.75, 3.05) is 0 Å². The van der Waals surface area contributed by atoms with Crippen LogP contribution in [0.1, 0.15) is 15.9 Å². The Balaban J connectivity index is 1.67. The van der Waals surface area contributed by atoms with Crippen LogP contribution in [0.25, 0.3) is 0 Å². The lowest BCUT2D eigenvalue weighted by atomic mass is 10.2. The zero-order valence-corrected chi connectivity index (χ0v) is 13.1. The van der Waals surface area contributed by atoms with Crippen molar-refractivity contribution in [1.29, 1.82) is 0 Å². The molecule has 3 nitrogen and oxygen atoms in total. The minimum absolute atomic E-state index is 0.126. The molecule has 0 aliphatic heterocycles. The standard InChI is InChI=1S/C20H14F2O3/c21-17-10-5-11-18(22)19(17)20(23)24-13-14-6-4-9-16(12-14)25-15-7-2-1-3-8-15/h1-12H,13H2. The summed E-state index contributed by atoms with van der Waals surface area (Å²) in [6.45, 7) is -0.126. The molecular formula is C20H14F2O3. The lowest BCUT2D eigenvalue weighted by Gasteiger charge is -2.09. The van der Waals surface area contributed by atoms with E-state index in [0.29, 0.717) is 17.1 Å². The predicted octanol–water partition coefficient (Wildman–Crippen LogP) is 5.11. The molecular weight excluding hydrogens is 326 g/mol. The van der Waals surface area contributed by atoms with E-state index in [1.807, 2.05) is 30.3 Å². The largest absolute Gasteiger partial charge is 0.457 e. The number of ether oxygens (including phenoxy) is 2. The van der Waals surface area contributed by atoms with Gasteiger partial charge in [0.15, 0.2) is 0 Å². The molecule has 126 valence electrons. The Bertz CT molecular complexity index is 859. The first-order chi connectivity index (χ1) is 12.1. The minimum Gasteiger partial charge on any atom is -0.457 e. The third-order valence-corrected chi connectivity index (χ3v) is 3.41. The number of halogens is 2. The van der Waals surface area contributed by atoms with Gasteiger partial charge >= 0.3 is 5.97 Å². The number of para-hydroxylation sites is 1. The molecule has 3 rings (SSSR count). The highest BCUT2D eigenvalue weighted by molar-refractivity contribution is 5.90. The van der Waals surface area contributed by atoms with Crippen LogP contribution in [-0.4, -0.2) is 5.97 Å². The van der Waals surface area contributed by atoms with Gasteiger partial charge in [-0.3, -0.25) is 0 Å². The van der Waals surface area contributed by atoms with Crippen LogP contribution in [0.15, 0.2) is 72.8 Å². The normalized spacial score (nSPS) is 10.3. The summed E-state index contributed by atoms with van der Waals surface area (Å²) in [5, 5.41) is 0. The van der Waals surface area contributed by atoms with Gasteiger partial charge in [-0.05, 0) is 42.0 Å². The highest BCUT2D eigenvalue weighted by Gasteiger charge is 2.18. The Hall–Kier alpha value is -3.21. The van der Waals surface area contributed by atoms with E-state index in [2.05, 4.69) is 0 Å². The van der Waals surface area contributed by atoms with E-state index in [1.54, 1.807) is 24.3 Å². The van der Waals surface area contributed by atoms with Crippen LogP contribution in [0.3, 0.4) is 0 Å². The van der Waals surface area contributed by atoms with Crippen molar-refractivity contribution >= 4 is 5.97 Å². The van der Waals surface area contributed by atoms with Crippen LogP contribution >= 0.6 is 0 Å². The van der Waals surface area contributed by atoms with Crippen LogP contribution in [0, 0.1) is 11.6 Å². The van der Waals surface area contributed by atoms with Gasteiger partial charge in [0.05, 0.1) is 0 Å². The lowest BCUT2D eigenvalue weighted by Crippen LogP contribution is -2.10. The maximum atomic E-state index is 13.6. The minimum atomic E-state index is -1.05. The molecule has 0 amide bonds. The number of hydrogen-bond acceptors (Lipinski definition) is 3. The van der Waals surface area contributed by atoms with E-state index in [0.717, 1.165) is 12.1 Å². The molecule has 0 radical (unpaired) electrons. The Morgan fingerprint density at radius 2 is 1.44 bits per heavy atom. The summed E-state index contributed by atoms with van der Waals surface area (Å²) in [5.41, 5.74) is -0.0577. The monoisotopic (exact) mass is 340 g/mol. The van der Waals surface area contributed by atoms with Crippen LogP contribution in [0.2, 0.25) is 0 Å². The third-order valence-electron chi connectivity index (χ3n) is 3.41. The molecule has 25 heavy (non-hydrogen) atoms. The molecule has 3 aromatic carbocycles. The predicted molar refractivity (Wildman–Crippen MR) is 88.4 cm³/mol. The van der Waals surface area contributed by atoms with Gasteiger partial charge in [-0.2, -0.15) is 0 Å². The summed E-state index contributed by atoms with van der Waals surface area (Å²) in [6.07, 6.45) is 0. The van der Waals surface area contributed by atoms with Crippen LogP contribution in [0.5, 0.6) is 11.5 Å². The molecule has 0 aliphatic carbocycles. The van der Waals surface area contributed by atoms with Gasteiger partial charge in [-0.1, -0.05) is 36.4 Å². The van der Waals surface area contributed by atoms with E-state index >= 15 is 0 Å². The van der Waals surface area contributed by atoms with Gasteiger partial charge in [0.1, 0.15) is 35.3 Å². The topological polar surface area (TPSA) is 35.5 Å². The van der Waals surface area contributed by atoms with Gasteiger partial charge in [0, 0.05) is 0 Å². The summed E-state index contributed by atoms with van der Waals surface area (Å²) >= 11 is 0. The molecule has 0 bridgehead atoms. The average molecular weight is 340 g/mol. The van der Waals surface area contributed by atoms with E-state index in [1.165, 1.54) is 6.07 Å². The van der Waals surface area contributed by atoms with Crippen molar-refractivity contribution in [3.05, 3.63) is 95.6 Å². The summed E-state index contributed by atoms with van der Waals surface area (Å²) in [7, 11) is 0. The van der Waals surface area contributed by atoms with Crippen molar-refractivity contribution in [3.63, 3.8) is 0 Å². The third kappa shape index (κ3) is 4.20. The summed E-state index contributed by atoms with van der Waals surface area (Å²) in [5.74, 6) is -1.72. The van der Waals surface area contributed by atoms with Crippen molar-refractivity contribution in [2.45, 2.75) is 6.61 Å². The SMILES string of the molecule is O=C(OCc1cccc(Oc2ccccc2)c1)c1c(F)cccc1F. The first kappa shape index (κ1) is 16.6. The first-order valence-corrected chi connectivity index (χ1v) is 7.56. The van der Waals surface area contributed by atoms with Crippen LogP contribution in [0.4, 0.5) is 8.78 Å². The van der Waals surface area contributed by atoms with E-state index in [9.17, 15) is 13.6 Å². The number of hydrogen-bond donors (Lipinski definition) is 0. The average Bonchev–Trinajstić information content (AvgIpc) is 2.61. The highest BCUT2D eigenvalue weighted by Crippen LogP contribution is 2.22. The summed E-state index contributed by atoms with van der Waals surface area (Å²) < 4.78 is 37.8. The molecule has 0 N–H and O–H groups in total. The first-order valence-electron chi connectivity index (χ1n) is 7.56. The maximum Gasteiger partial charge on any atom is 0.344 e. The molecule has 3 aromatic rings. The molecule has 0 saturated heterocycles. The van der Waals surface area contributed by atoms with Gasteiger partial charge < -0.3 is 9.47 Å². The smallest absolute Gasteiger partial charge is 0.344 e. The molecule has 5 heteroatoms. The molecule has 0 unspecified atom stereocenters. The van der Waals surface area contributed by atoms with Gasteiger partial charge in [-0.15, -0.1) is 0 Å². The molecule has 0 aromatic heterocycles. The number of carbonyl (C=O) groups excluding carboxylic acids is 1. The number of esters is 1. The van der Waals surface area contributed by atoms with Crippen molar-refractivity contribution < 1.29 is 23.0 Å². The van der Waals surface area contributed by atoms with Crippen molar-refractivity contribution in [3.8, 4) is 11.5 Å². The fourth-order valence-electron chi connectivity index (χ4n) is 2.24. The lowest BCUT2D eigenvalue weighted by molar-refractivity contribution is 0.0461. The Morgan fingerprint density at radius 3 is 2.16 bits per heavy atom. The highest BCUT2D eigenvalue weighted by atomic mass is 19.1. The Labute approximate surface area is 143 Å². The van der Waals surface area contributed by atoms with E-state index in [-0.39, 0.29) is 6.61 Å². The van der Waals surface area contributed by atoms with Crippen LogP contribution in [-0.2, 0) is 11.3 Å². The Kier molecular flexibility index (Phi) is 5.04. The summed E-state index contributed by atoms with van der Waals surface area (Å²) in [4.78, 5) is 11.9. The molecule has 0 heterocycles. The van der Waals surface area contributed by atoms with E-state index < -0.39 is 23.2 Å². The second kappa shape index (κ2) is 7.57. The molecule has 0 atom stereocenters. The number of benzene rings is 3. The second-order valence-electron chi connectivity index (χ2n) is 5.24. The molecule has 0 fully saturated rings. The Morgan fingerprint density at radius 1 is 0.800 bits per heavy atom. The van der Waals surface area contributed by atoms with Crippen molar-refractivity contribution in [2.24, 2.45) is 0 Å². The molecule has 0 spiro atoms. The van der Waals surface area contributed by atoms with Gasteiger partial charge in [0.25, 0.3) is 0 Å². The number of carbonyl (C=O) groups is 1. The van der Waals surface area contributed by atoms with Gasteiger partial charge in [-0.25, -0.2) is 13.6 Å². The zero-order chi connectivity index (χ0) is 17.6. The maximum absolute atomic E-state index is 13.6. The van der Waals surface area contributed by atoms with Crippen LogP contribution < -0.4 is 4.74 Å². The van der Waals surface area contributed by atoms with E-state index in [4.69, 9.17) is 9.47 Å². The fraction of sp³-hybridized carbons (Fsp3) is 0.0500. The molecule has 0 aliphatic rings. The molecule has 0 saturated carbocycles. The zero-order valence-electron chi connectivity index (χ0n) is 13.1. The second-order valence-corrected chi connectivity index (χ2v) is 5.24. The van der Waals surface area contributed by atoms with Crippen molar-refractivity contribution in [1.82, 2.24) is 0 Å². The quantitative estimate of drug-likeness (QED) is 0.605.